The van der Waals surface area contributed by atoms with Crippen LogP contribution in [-0.4, -0.2) is 48.9 Å². The lowest BCUT2D eigenvalue weighted by atomic mass is 9.74. The number of hydrogen-bond donors (Lipinski definition) is 1. The number of hydrogen-bond acceptors (Lipinski definition) is 7. The first-order valence-corrected chi connectivity index (χ1v) is 17.3. The molecule has 2 heterocycles. The molecule has 1 amide bonds. The fourth-order valence-corrected chi connectivity index (χ4v) is 7.43. The van der Waals surface area contributed by atoms with Crippen LogP contribution in [0.4, 0.5) is 9.59 Å². The first-order chi connectivity index (χ1) is 22.8. The number of carbonyl (C=O) groups excluding carboxylic acids is 2. The Balaban J connectivity index is 1.37. The van der Waals surface area contributed by atoms with Crippen LogP contribution in [0.3, 0.4) is 0 Å². The summed E-state index contributed by atoms with van der Waals surface area (Å²) >= 11 is 0. The Labute approximate surface area is 284 Å². The van der Waals surface area contributed by atoms with E-state index in [2.05, 4.69) is 28.4 Å². The third-order valence-electron chi connectivity index (χ3n) is 9.44. The second-order valence-corrected chi connectivity index (χ2v) is 15.3. The van der Waals surface area contributed by atoms with Crippen LogP contribution in [0.1, 0.15) is 109 Å². The normalized spacial score (nSPS) is 21.5. The lowest BCUT2D eigenvalue weighted by Gasteiger charge is -2.47. The van der Waals surface area contributed by atoms with E-state index < -0.39 is 28.9 Å². The van der Waals surface area contributed by atoms with Crippen LogP contribution < -0.4 is 5.32 Å². The summed E-state index contributed by atoms with van der Waals surface area (Å²) < 4.78 is 13.3. The summed E-state index contributed by atoms with van der Waals surface area (Å²) in [6.07, 6.45) is 7.22. The number of alkyl carbamates (subject to hydrolysis) is 1. The number of para-hydroxylation sites is 2. The standard InChI is InChI=1S/C39H49N5O4/c1-37(2,3)47-35(45)42-39(28-16-8-7-9-17-28)23-21-29(22-24-39)43(32-20-12-14-27-15-13-25-40-34(27)32)26-33-41-30-18-10-11-19-31(30)44(33)36(46)48-38(4,5)6/h7-11,13,15-19,25,29,32H,12,14,20-24,26H2,1-6H3,(H,42,45). The van der Waals surface area contributed by atoms with Crippen molar-refractivity contribution in [3.63, 3.8) is 0 Å². The maximum Gasteiger partial charge on any atom is 0.420 e. The van der Waals surface area contributed by atoms with Crippen LogP contribution in [-0.2, 0) is 28.0 Å². The summed E-state index contributed by atoms with van der Waals surface area (Å²) in [5.41, 5.74) is 3.14. The second-order valence-electron chi connectivity index (χ2n) is 15.3. The van der Waals surface area contributed by atoms with Gasteiger partial charge in [-0.25, -0.2) is 19.1 Å². The molecule has 9 nitrogen and oxygen atoms in total. The highest BCUT2D eigenvalue weighted by Gasteiger charge is 2.43. The molecule has 2 aliphatic carbocycles. The van der Waals surface area contributed by atoms with Gasteiger partial charge in [0.2, 0.25) is 0 Å². The van der Waals surface area contributed by atoms with E-state index in [1.807, 2.05) is 96.3 Å². The Bertz CT molecular complexity index is 1750. The fourth-order valence-electron chi connectivity index (χ4n) is 7.43. The van der Waals surface area contributed by atoms with Crippen LogP contribution in [0.5, 0.6) is 0 Å². The van der Waals surface area contributed by atoms with Gasteiger partial charge in [0.05, 0.1) is 34.9 Å². The molecule has 48 heavy (non-hydrogen) atoms. The lowest BCUT2D eigenvalue weighted by Crippen LogP contribution is -2.53. The topological polar surface area (TPSA) is 98.6 Å². The summed E-state index contributed by atoms with van der Waals surface area (Å²) in [7, 11) is 0. The minimum Gasteiger partial charge on any atom is -0.444 e. The van der Waals surface area contributed by atoms with Crippen molar-refractivity contribution >= 4 is 23.2 Å². The summed E-state index contributed by atoms with van der Waals surface area (Å²) in [5, 5.41) is 3.30. The Hall–Kier alpha value is -4.24. The number of rotatable bonds is 6. The molecular weight excluding hydrogens is 602 g/mol. The Morgan fingerprint density at radius 2 is 1.58 bits per heavy atom. The predicted octanol–water partition coefficient (Wildman–Crippen LogP) is 8.46. The maximum absolute atomic E-state index is 13.8. The van der Waals surface area contributed by atoms with Crippen molar-refractivity contribution in [3.05, 3.63) is 95.6 Å². The molecule has 4 aromatic rings. The number of ether oxygens (including phenoxy) is 2. The van der Waals surface area contributed by atoms with Crippen molar-refractivity contribution in [2.45, 2.75) is 122 Å². The van der Waals surface area contributed by atoms with Gasteiger partial charge in [0.1, 0.15) is 17.0 Å². The molecule has 1 N–H and O–H groups in total. The van der Waals surface area contributed by atoms with E-state index in [9.17, 15) is 9.59 Å². The highest BCUT2D eigenvalue weighted by Crippen LogP contribution is 2.43. The molecule has 2 aliphatic rings. The van der Waals surface area contributed by atoms with Gasteiger partial charge in [-0.3, -0.25) is 9.88 Å². The van der Waals surface area contributed by atoms with Gasteiger partial charge >= 0.3 is 12.2 Å². The molecule has 0 aliphatic heterocycles. The van der Waals surface area contributed by atoms with Gasteiger partial charge < -0.3 is 14.8 Å². The molecule has 6 rings (SSSR count). The predicted molar refractivity (Wildman–Crippen MR) is 187 cm³/mol. The molecule has 0 bridgehead atoms. The molecule has 1 fully saturated rings. The summed E-state index contributed by atoms with van der Waals surface area (Å²) in [5.74, 6) is 0.653. The number of fused-ring (bicyclic) bond motifs is 2. The number of imidazole rings is 1. The molecule has 2 aromatic carbocycles. The first kappa shape index (κ1) is 33.7. The van der Waals surface area contributed by atoms with Crippen molar-refractivity contribution in [1.82, 2.24) is 24.8 Å². The van der Waals surface area contributed by atoms with Crippen LogP contribution >= 0.6 is 0 Å². The van der Waals surface area contributed by atoms with E-state index in [4.69, 9.17) is 19.4 Å². The summed E-state index contributed by atoms with van der Waals surface area (Å²) in [4.78, 5) is 39.4. The smallest absolute Gasteiger partial charge is 0.420 e. The zero-order valence-electron chi connectivity index (χ0n) is 29.2. The summed E-state index contributed by atoms with van der Waals surface area (Å²) in [6, 6.07) is 22.4. The number of aryl methyl sites for hydroxylation is 1. The largest absolute Gasteiger partial charge is 0.444 e. The maximum atomic E-state index is 13.8. The zero-order chi connectivity index (χ0) is 34.1. The summed E-state index contributed by atoms with van der Waals surface area (Å²) in [6.45, 7) is 11.8. The number of aromatic nitrogens is 3. The van der Waals surface area contributed by atoms with Crippen LogP contribution in [0.15, 0.2) is 72.9 Å². The molecule has 2 aromatic heterocycles. The number of carbonyl (C=O) groups is 2. The Morgan fingerprint density at radius 3 is 2.29 bits per heavy atom. The first-order valence-electron chi connectivity index (χ1n) is 17.3. The second kappa shape index (κ2) is 13.3. The Kier molecular flexibility index (Phi) is 9.35. The molecule has 254 valence electrons. The molecule has 1 unspecified atom stereocenters. The van der Waals surface area contributed by atoms with Crippen molar-refractivity contribution in [1.29, 1.82) is 0 Å². The molecule has 0 radical (unpaired) electrons. The highest BCUT2D eigenvalue weighted by atomic mass is 16.6. The van der Waals surface area contributed by atoms with E-state index in [1.54, 1.807) is 4.57 Å². The third kappa shape index (κ3) is 7.41. The van der Waals surface area contributed by atoms with Gasteiger partial charge in [0, 0.05) is 12.2 Å². The number of pyridine rings is 1. The number of benzene rings is 2. The van der Waals surface area contributed by atoms with Crippen LogP contribution in [0, 0.1) is 0 Å². The molecular formula is C39H49N5O4. The van der Waals surface area contributed by atoms with Crippen molar-refractivity contribution < 1.29 is 19.1 Å². The molecule has 1 saturated carbocycles. The zero-order valence-corrected chi connectivity index (χ0v) is 29.2. The van der Waals surface area contributed by atoms with Crippen molar-refractivity contribution in [3.8, 4) is 0 Å². The van der Waals surface area contributed by atoms with Gasteiger partial charge in [-0.15, -0.1) is 0 Å². The molecule has 0 saturated heterocycles. The Morgan fingerprint density at radius 1 is 0.896 bits per heavy atom. The molecule has 1 atom stereocenters. The highest BCUT2D eigenvalue weighted by molar-refractivity contribution is 5.87. The van der Waals surface area contributed by atoms with E-state index in [1.165, 1.54) is 5.56 Å². The average molecular weight is 652 g/mol. The average Bonchev–Trinajstić information content (AvgIpc) is 3.41. The quantitative estimate of drug-likeness (QED) is 0.223. The third-order valence-corrected chi connectivity index (χ3v) is 9.44. The van der Waals surface area contributed by atoms with Gasteiger partial charge in [-0.2, -0.15) is 0 Å². The van der Waals surface area contributed by atoms with Crippen LogP contribution in [0.25, 0.3) is 11.0 Å². The fraction of sp³-hybridized carbons (Fsp3) is 0.487. The van der Waals surface area contributed by atoms with E-state index in [0.717, 1.165) is 67.2 Å². The molecule has 0 spiro atoms. The SMILES string of the molecule is CC(C)(C)OC(=O)NC1(c2ccccc2)CCC(N(Cc2nc3ccccc3n2C(=O)OC(C)(C)C)C2CCCc3cccnc32)CC1. The lowest BCUT2D eigenvalue weighted by molar-refractivity contribution is 0.0288. The number of nitrogens with one attached hydrogen (secondary N) is 1. The van der Waals surface area contributed by atoms with Gasteiger partial charge in [0.15, 0.2) is 0 Å². The van der Waals surface area contributed by atoms with Crippen LogP contribution in [0.2, 0.25) is 0 Å². The van der Waals surface area contributed by atoms with E-state index in [-0.39, 0.29) is 12.1 Å². The number of nitrogens with zero attached hydrogens (tertiary/aromatic N) is 4. The van der Waals surface area contributed by atoms with Gasteiger partial charge in [-0.1, -0.05) is 48.5 Å². The van der Waals surface area contributed by atoms with Crippen molar-refractivity contribution in [2.75, 3.05) is 0 Å². The van der Waals surface area contributed by atoms with Gasteiger partial charge in [-0.05, 0) is 116 Å². The molecule has 9 heteroatoms. The number of amides is 1. The monoisotopic (exact) mass is 651 g/mol. The minimum atomic E-state index is -0.656. The van der Waals surface area contributed by atoms with E-state index in [0.29, 0.717) is 12.4 Å². The minimum absolute atomic E-state index is 0.0647. The van der Waals surface area contributed by atoms with Crippen molar-refractivity contribution in [2.24, 2.45) is 0 Å². The van der Waals surface area contributed by atoms with Gasteiger partial charge in [0.25, 0.3) is 0 Å². The van der Waals surface area contributed by atoms with E-state index >= 15 is 0 Å².